The molecule has 5 nitrogen and oxygen atoms in total. The molecule has 2 aromatic rings. The first-order valence-corrected chi connectivity index (χ1v) is 7.59. The van der Waals surface area contributed by atoms with Crippen molar-refractivity contribution in [3.8, 4) is 11.9 Å². The van der Waals surface area contributed by atoms with E-state index < -0.39 is 0 Å². The predicted octanol–water partition coefficient (Wildman–Crippen LogP) is 3.16. The molecule has 1 saturated heterocycles. The summed E-state index contributed by atoms with van der Waals surface area (Å²) in [6.45, 7) is 0.916. The van der Waals surface area contributed by atoms with Gasteiger partial charge in [0.2, 0.25) is 5.88 Å². The van der Waals surface area contributed by atoms with Gasteiger partial charge in [-0.2, -0.15) is 5.26 Å². The van der Waals surface area contributed by atoms with Crippen molar-refractivity contribution < 1.29 is 9.53 Å². The molecule has 1 fully saturated rings. The SMILES string of the molecule is N#Cc1ccc(OC2CN(C(=O)c3ccc(Cl)cc3Cl)C2)nc1. The van der Waals surface area contributed by atoms with E-state index in [4.69, 9.17) is 33.2 Å². The predicted molar refractivity (Wildman–Crippen MR) is 85.7 cm³/mol. The maximum atomic E-state index is 12.3. The van der Waals surface area contributed by atoms with Crippen LogP contribution in [-0.2, 0) is 0 Å². The maximum Gasteiger partial charge on any atom is 0.255 e. The fraction of sp³-hybridized carbons (Fsp3) is 0.188. The number of pyridine rings is 1. The molecule has 23 heavy (non-hydrogen) atoms. The number of nitriles is 1. The van der Waals surface area contributed by atoms with E-state index in [1.807, 2.05) is 6.07 Å². The van der Waals surface area contributed by atoms with Crippen molar-refractivity contribution >= 4 is 29.1 Å². The summed E-state index contributed by atoms with van der Waals surface area (Å²) in [6, 6.07) is 10.1. The zero-order valence-corrected chi connectivity index (χ0v) is 13.4. The normalized spacial score (nSPS) is 14.0. The molecule has 1 aliphatic heterocycles. The summed E-state index contributed by atoms with van der Waals surface area (Å²) in [6.07, 6.45) is 1.33. The van der Waals surface area contributed by atoms with Gasteiger partial charge in [0.1, 0.15) is 12.2 Å². The lowest BCUT2D eigenvalue weighted by Gasteiger charge is -2.38. The fourth-order valence-electron chi connectivity index (χ4n) is 2.20. The zero-order valence-electron chi connectivity index (χ0n) is 11.9. The third-order valence-electron chi connectivity index (χ3n) is 3.45. The topological polar surface area (TPSA) is 66.2 Å². The molecule has 0 atom stereocenters. The first kappa shape index (κ1) is 15.6. The number of benzene rings is 1. The molecule has 1 aliphatic rings. The number of hydrogen-bond donors (Lipinski definition) is 0. The Morgan fingerprint density at radius 3 is 2.70 bits per heavy atom. The van der Waals surface area contributed by atoms with Crippen LogP contribution in [0, 0.1) is 11.3 Å². The van der Waals surface area contributed by atoms with Crippen molar-refractivity contribution in [1.29, 1.82) is 5.26 Å². The monoisotopic (exact) mass is 347 g/mol. The molecule has 0 bridgehead atoms. The largest absolute Gasteiger partial charge is 0.471 e. The van der Waals surface area contributed by atoms with Crippen LogP contribution in [0.25, 0.3) is 0 Å². The average Bonchev–Trinajstić information content (AvgIpc) is 2.50. The Kier molecular flexibility index (Phi) is 4.37. The standard InChI is InChI=1S/C16H11Cl2N3O2/c17-11-2-3-13(14(18)5-11)16(22)21-8-12(9-21)23-15-4-1-10(6-19)7-20-15/h1-5,7,12H,8-9H2. The molecule has 0 radical (unpaired) electrons. The van der Waals surface area contributed by atoms with Crippen LogP contribution in [0.1, 0.15) is 15.9 Å². The lowest BCUT2D eigenvalue weighted by Crippen LogP contribution is -2.56. The van der Waals surface area contributed by atoms with E-state index in [1.54, 1.807) is 35.2 Å². The van der Waals surface area contributed by atoms with E-state index in [-0.39, 0.29) is 12.0 Å². The molecule has 2 heterocycles. The highest BCUT2D eigenvalue weighted by Crippen LogP contribution is 2.25. The summed E-state index contributed by atoms with van der Waals surface area (Å²) in [7, 11) is 0. The van der Waals surface area contributed by atoms with Gasteiger partial charge >= 0.3 is 0 Å². The zero-order chi connectivity index (χ0) is 16.4. The van der Waals surface area contributed by atoms with Crippen LogP contribution in [-0.4, -0.2) is 35.0 Å². The van der Waals surface area contributed by atoms with Gasteiger partial charge in [-0.05, 0) is 24.3 Å². The van der Waals surface area contributed by atoms with Gasteiger partial charge in [-0.25, -0.2) is 4.98 Å². The molecule has 116 valence electrons. The van der Waals surface area contributed by atoms with Crippen LogP contribution in [0.5, 0.6) is 5.88 Å². The number of amides is 1. The number of nitrogens with zero attached hydrogens (tertiary/aromatic N) is 3. The fourth-order valence-corrected chi connectivity index (χ4v) is 2.69. The van der Waals surface area contributed by atoms with Gasteiger partial charge in [0.15, 0.2) is 0 Å². The highest BCUT2D eigenvalue weighted by molar-refractivity contribution is 6.36. The molecule has 0 N–H and O–H groups in total. The molecule has 1 aromatic heterocycles. The van der Waals surface area contributed by atoms with Gasteiger partial charge in [-0.1, -0.05) is 23.2 Å². The lowest BCUT2D eigenvalue weighted by molar-refractivity contribution is 0.0160. The highest BCUT2D eigenvalue weighted by atomic mass is 35.5. The van der Waals surface area contributed by atoms with Crippen molar-refractivity contribution in [3.05, 3.63) is 57.7 Å². The van der Waals surface area contributed by atoms with Gasteiger partial charge < -0.3 is 9.64 Å². The van der Waals surface area contributed by atoms with Crippen molar-refractivity contribution in [2.24, 2.45) is 0 Å². The number of aromatic nitrogens is 1. The van der Waals surface area contributed by atoms with Crippen LogP contribution in [0.2, 0.25) is 10.0 Å². The molecule has 0 aliphatic carbocycles. The first-order valence-electron chi connectivity index (χ1n) is 6.84. The second-order valence-electron chi connectivity index (χ2n) is 5.07. The number of likely N-dealkylation sites (tertiary alicyclic amines) is 1. The van der Waals surface area contributed by atoms with Crippen molar-refractivity contribution in [1.82, 2.24) is 9.88 Å². The number of ether oxygens (including phenoxy) is 1. The van der Waals surface area contributed by atoms with Crippen molar-refractivity contribution in [3.63, 3.8) is 0 Å². The van der Waals surface area contributed by atoms with Crippen LogP contribution in [0.4, 0.5) is 0 Å². The molecule has 3 rings (SSSR count). The second kappa shape index (κ2) is 6.45. The van der Waals surface area contributed by atoms with Crippen molar-refractivity contribution in [2.45, 2.75) is 6.10 Å². The third kappa shape index (κ3) is 3.39. The Hall–Kier alpha value is -2.29. The summed E-state index contributed by atoms with van der Waals surface area (Å²) >= 11 is 11.9. The van der Waals surface area contributed by atoms with Gasteiger partial charge in [-0.15, -0.1) is 0 Å². The smallest absolute Gasteiger partial charge is 0.255 e. The van der Waals surface area contributed by atoms with Crippen molar-refractivity contribution in [2.75, 3.05) is 13.1 Å². The second-order valence-corrected chi connectivity index (χ2v) is 5.91. The molecular weight excluding hydrogens is 337 g/mol. The summed E-state index contributed by atoms with van der Waals surface area (Å²) < 4.78 is 5.65. The molecule has 1 amide bonds. The third-order valence-corrected chi connectivity index (χ3v) is 4.00. The summed E-state index contributed by atoms with van der Waals surface area (Å²) in [5, 5.41) is 9.54. The van der Waals surface area contributed by atoms with E-state index in [9.17, 15) is 4.79 Å². The molecule has 7 heteroatoms. The van der Waals surface area contributed by atoms with Crippen LogP contribution < -0.4 is 4.74 Å². The van der Waals surface area contributed by atoms with E-state index in [1.165, 1.54) is 6.20 Å². The Morgan fingerprint density at radius 2 is 2.09 bits per heavy atom. The summed E-state index contributed by atoms with van der Waals surface area (Å²) in [4.78, 5) is 18.0. The maximum absolute atomic E-state index is 12.3. The van der Waals surface area contributed by atoms with Gasteiger partial charge in [0, 0.05) is 17.3 Å². The van der Waals surface area contributed by atoms with Gasteiger partial charge in [0.05, 0.1) is 29.2 Å². The molecule has 0 unspecified atom stereocenters. The lowest BCUT2D eigenvalue weighted by atomic mass is 10.1. The minimum atomic E-state index is -0.153. The van der Waals surface area contributed by atoms with Crippen LogP contribution in [0.15, 0.2) is 36.5 Å². The number of halogens is 2. The highest BCUT2D eigenvalue weighted by Gasteiger charge is 2.33. The summed E-state index contributed by atoms with van der Waals surface area (Å²) in [5.41, 5.74) is 0.895. The first-order chi connectivity index (χ1) is 11.1. The number of rotatable bonds is 3. The van der Waals surface area contributed by atoms with Gasteiger partial charge in [-0.3, -0.25) is 4.79 Å². The van der Waals surface area contributed by atoms with Crippen LogP contribution in [0.3, 0.4) is 0 Å². The van der Waals surface area contributed by atoms with E-state index in [2.05, 4.69) is 4.98 Å². The van der Waals surface area contributed by atoms with Gasteiger partial charge in [0.25, 0.3) is 5.91 Å². The van der Waals surface area contributed by atoms with E-state index in [0.717, 1.165) is 0 Å². The molecule has 0 spiro atoms. The Balaban J connectivity index is 1.58. The van der Waals surface area contributed by atoms with Crippen LogP contribution >= 0.6 is 23.2 Å². The average molecular weight is 348 g/mol. The molecular formula is C16H11Cl2N3O2. The Labute approximate surface area is 143 Å². The van der Waals surface area contributed by atoms with E-state index >= 15 is 0 Å². The summed E-state index contributed by atoms with van der Waals surface area (Å²) in [5.74, 6) is 0.282. The molecule has 1 aromatic carbocycles. The minimum Gasteiger partial charge on any atom is -0.471 e. The van der Waals surface area contributed by atoms with E-state index in [0.29, 0.717) is 40.1 Å². The number of carbonyl (C=O) groups excluding carboxylic acids is 1. The quantitative estimate of drug-likeness (QED) is 0.855. The number of carbonyl (C=O) groups is 1. The number of hydrogen-bond acceptors (Lipinski definition) is 4. The minimum absolute atomic E-state index is 0.120. The Bertz CT molecular complexity index is 781. The molecule has 0 saturated carbocycles. The Morgan fingerprint density at radius 1 is 1.30 bits per heavy atom.